The molecule has 0 aliphatic carbocycles. The van der Waals surface area contributed by atoms with Gasteiger partial charge in [-0.15, -0.1) is 0 Å². The lowest BCUT2D eigenvalue weighted by atomic mass is 10.1. The van der Waals surface area contributed by atoms with E-state index in [2.05, 4.69) is 26.7 Å². The number of benzene rings is 2. The summed E-state index contributed by atoms with van der Waals surface area (Å²) in [6.07, 6.45) is 1.54. The molecule has 0 spiro atoms. The van der Waals surface area contributed by atoms with Crippen LogP contribution in [-0.2, 0) is 0 Å². The Morgan fingerprint density at radius 2 is 1.93 bits per heavy atom. The average Bonchev–Trinajstić information content (AvgIpc) is 3.16. The van der Waals surface area contributed by atoms with Crippen LogP contribution in [-0.4, -0.2) is 41.9 Å². The summed E-state index contributed by atoms with van der Waals surface area (Å²) in [6, 6.07) is 14.9. The first-order chi connectivity index (χ1) is 14.6. The maximum atomic E-state index is 12.8. The molecule has 0 saturated carbocycles. The number of nitrogens with one attached hydrogen (secondary N) is 2. The number of carbonyl (C=O) groups is 1. The summed E-state index contributed by atoms with van der Waals surface area (Å²) in [5, 5.41) is 20.7. The molecule has 1 amide bonds. The summed E-state index contributed by atoms with van der Waals surface area (Å²) in [5.41, 5.74) is 4.02. The van der Waals surface area contributed by atoms with Gasteiger partial charge in [0.15, 0.2) is 0 Å². The Hall–Kier alpha value is -3.34. The van der Waals surface area contributed by atoms with Gasteiger partial charge >= 0.3 is 0 Å². The number of hydrogen-bond donors (Lipinski definition) is 2. The van der Waals surface area contributed by atoms with Crippen LogP contribution in [0.4, 0.5) is 11.4 Å². The van der Waals surface area contributed by atoms with Crippen LogP contribution in [0.3, 0.4) is 0 Å². The average molecular weight is 421 g/mol. The van der Waals surface area contributed by atoms with E-state index in [-0.39, 0.29) is 5.91 Å². The molecule has 2 aromatic carbocycles. The number of halogens is 1. The highest BCUT2D eigenvalue weighted by Crippen LogP contribution is 2.25. The first-order valence-corrected chi connectivity index (χ1v) is 10.1. The molecule has 2 heterocycles. The van der Waals surface area contributed by atoms with Gasteiger partial charge in [-0.1, -0.05) is 11.6 Å². The fourth-order valence-corrected chi connectivity index (χ4v) is 3.68. The predicted octanol–water partition coefficient (Wildman–Crippen LogP) is 3.37. The van der Waals surface area contributed by atoms with Crippen LogP contribution in [0.1, 0.15) is 21.6 Å². The summed E-state index contributed by atoms with van der Waals surface area (Å²) in [7, 11) is 0. The third-order valence-corrected chi connectivity index (χ3v) is 5.41. The number of anilines is 2. The van der Waals surface area contributed by atoms with Crippen molar-refractivity contribution in [1.82, 2.24) is 15.1 Å². The van der Waals surface area contributed by atoms with E-state index in [0.29, 0.717) is 27.5 Å². The van der Waals surface area contributed by atoms with E-state index >= 15 is 0 Å². The second-order valence-electron chi connectivity index (χ2n) is 7.07. The molecule has 3 aromatic rings. The fraction of sp³-hybridized carbons (Fsp3) is 0.227. The SMILES string of the molecule is Cc1c(C(=O)Nc2ccc(N3CCNCC3)c(C#N)c2)cnn1-c1ccc(Cl)cc1. The minimum absolute atomic E-state index is 0.272. The Morgan fingerprint density at radius 3 is 2.63 bits per heavy atom. The zero-order chi connectivity index (χ0) is 21.1. The van der Waals surface area contributed by atoms with Crippen molar-refractivity contribution in [3.63, 3.8) is 0 Å². The maximum Gasteiger partial charge on any atom is 0.259 e. The molecule has 1 saturated heterocycles. The number of nitrogens with zero attached hydrogens (tertiary/aromatic N) is 4. The summed E-state index contributed by atoms with van der Waals surface area (Å²) < 4.78 is 1.69. The molecule has 0 radical (unpaired) electrons. The highest BCUT2D eigenvalue weighted by molar-refractivity contribution is 6.30. The summed E-state index contributed by atoms with van der Waals surface area (Å²) in [5.74, 6) is -0.272. The van der Waals surface area contributed by atoms with Crippen LogP contribution in [0, 0.1) is 18.3 Å². The molecule has 0 atom stereocenters. The van der Waals surface area contributed by atoms with E-state index in [1.165, 1.54) is 0 Å². The summed E-state index contributed by atoms with van der Waals surface area (Å²) in [6.45, 7) is 5.32. The van der Waals surface area contributed by atoms with Crippen LogP contribution in [0.25, 0.3) is 5.69 Å². The lowest BCUT2D eigenvalue weighted by molar-refractivity contribution is 0.102. The molecule has 1 fully saturated rings. The van der Waals surface area contributed by atoms with E-state index in [0.717, 1.165) is 37.6 Å². The lowest BCUT2D eigenvalue weighted by Gasteiger charge is -2.30. The van der Waals surface area contributed by atoms with Crippen LogP contribution < -0.4 is 15.5 Å². The first kappa shape index (κ1) is 20.0. The van der Waals surface area contributed by atoms with Crippen molar-refractivity contribution in [3.8, 4) is 11.8 Å². The van der Waals surface area contributed by atoms with Crippen molar-refractivity contribution >= 4 is 28.9 Å². The van der Waals surface area contributed by atoms with Gasteiger partial charge in [-0.25, -0.2) is 4.68 Å². The molecule has 1 aromatic heterocycles. The number of piperazine rings is 1. The van der Waals surface area contributed by atoms with Crippen LogP contribution in [0.15, 0.2) is 48.7 Å². The molecular formula is C22H21ClN6O. The Labute approximate surface area is 179 Å². The Bertz CT molecular complexity index is 1110. The van der Waals surface area contributed by atoms with Crippen LogP contribution in [0.5, 0.6) is 0 Å². The summed E-state index contributed by atoms with van der Waals surface area (Å²) >= 11 is 5.95. The molecule has 8 heteroatoms. The van der Waals surface area contributed by atoms with E-state index in [1.807, 2.05) is 31.2 Å². The second kappa shape index (κ2) is 8.57. The Kier molecular flexibility index (Phi) is 5.70. The smallest absolute Gasteiger partial charge is 0.259 e. The highest BCUT2D eigenvalue weighted by Gasteiger charge is 2.18. The molecule has 0 bridgehead atoms. The summed E-state index contributed by atoms with van der Waals surface area (Å²) in [4.78, 5) is 15.0. The number of amides is 1. The largest absolute Gasteiger partial charge is 0.368 e. The van der Waals surface area contributed by atoms with Crippen molar-refractivity contribution < 1.29 is 4.79 Å². The van der Waals surface area contributed by atoms with Crippen molar-refractivity contribution in [2.24, 2.45) is 0 Å². The standard InChI is InChI=1S/C22H21ClN6O/c1-15-20(14-26-29(15)19-5-2-17(23)3-6-19)22(30)27-18-4-7-21(16(12-18)13-24)28-10-8-25-9-11-28/h2-7,12,14,25H,8-11H2,1H3,(H,27,30). The van der Waals surface area contributed by atoms with Gasteiger partial charge < -0.3 is 15.5 Å². The van der Waals surface area contributed by atoms with Crippen molar-refractivity contribution in [3.05, 3.63) is 70.5 Å². The van der Waals surface area contributed by atoms with Crippen molar-refractivity contribution in [2.75, 3.05) is 36.4 Å². The number of aromatic nitrogens is 2. The molecule has 7 nitrogen and oxygen atoms in total. The number of rotatable bonds is 4. The van der Waals surface area contributed by atoms with E-state index in [1.54, 1.807) is 29.1 Å². The normalized spacial score (nSPS) is 13.7. The van der Waals surface area contributed by atoms with Gasteiger partial charge in [0.25, 0.3) is 5.91 Å². The minimum atomic E-state index is -0.272. The first-order valence-electron chi connectivity index (χ1n) is 9.68. The van der Waals surface area contributed by atoms with Crippen molar-refractivity contribution in [2.45, 2.75) is 6.92 Å². The fourth-order valence-electron chi connectivity index (χ4n) is 3.56. The van der Waals surface area contributed by atoms with Gasteiger partial charge in [0.2, 0.25) is 0 Å². The molecule has 1 aliphatic heterocycles. The minimum Gasteiger partial charge on any atom is -0.368 e. The Balaban J connectivity index is 1.54. The molecule has 30 heavy (non-hydrogen) atoms. The van der Waals surface area contributed by atoms with E-state index in [9.17, 15) is 10.1 Å². The van der Waals surface area contributed by atoms with Gasteiger partial charge in [0.05, 0.1) is 34.4 Å². The topological polar surface area (TPSA) is 86.0 Å². The lowest BCUT2D eigenvalue weighted by Crippen LogP contribution is -2.43. The third kappa shape index (κ3) is 4.01. The zero-order valence-electron chi connectivity index (χ0n) is 16.5. The monoisotopic (exact) mass is 420 g/mol. The number of carbonyl (C=O) groups excluding carboxylic acids is 1. The molecule has 152 valence electrons. The molecule has 2 N–H and O–H groups in total. The molecule has 0 unspecified atom stereocenters. The second-order valence-corrected chi connectivity index (χ2v) is 7.50. The van der Waals surface area contributed by atoms with E-state index in [4.69, 9.17) is 11.6 Å². The van der Waals surface area contributed by atoms with E-state index < -0.39 is 0 Å². The number of hydrogen-bond acceptors (Lipinski definition) is 5. The van der Waals surface area contributed by atoms with Gasteiger partial charge in [-0.05, 0) is 49.4 Å². The Morgan fingerprint density at radius 1 is 1.20 bits per heavy atom. The van der Waals surface area contributed by atoms with Crippen LogP contribution >= 0.6 is 11.6 Å². The predicted molar refractivity (Wildman–Crippen MR) is 118 cm³/mol. The van der Waals surface area contributed by atoms with Gasteiger partial charge in [-0.2, -0.15) is 10.4 Å². The van der Waals surface area contributed by atoms with Crippen molar-refractivity contribution in [1.29, 1.82) is 5.26 Å². The van der Waals surface area contributed by atoms with Crippen LogP contribution in [0.2, 0.25) is 5.02 Å². The highest BCUT2D eigenvalue weighted by atomic mass is 35.5. The number of nitriles is 1. The zero-order valence-corrected chi connectivity index (χ0v) is 17.3. The molecule has 1 aliphatic rings. The maximum absolute atomic E-state index is 12.8. The van der Waals surface area contributed by atoms with Gasteiger partial charge in [0.1, 0.15) is 6.07 Å². The van der Waals surface area contributed by atoms with Gasteiger partial charge in [-0.3, -0.25) is 4.79 Å². The molecule has 4 rings (SSSR count). The molecular weight excluding hydrogens is 400 g/mol. The third-order valence-electron chi connectivity index (χ3n) is 5.16. The quantitative estimate of drug-likeness (QED) is 0.675. The van der Waals surface area contributed by atoms with Gasteiger partial charge in [0, 0.05) is 36.9 Å².